The van der Waals surface area contributed by atoms with E-state index < -0.39 is 0 Å². The zero-order chi connectivity index (χ0) is 15.1. The number of nitrogens with one attached hydrogen (secondary N) is 2. The first kappa shape index (κ1) is 15.5. The third kappa shape index (κ3) is 5.20. The Hall–Kier alpha value is -1.86. The largest absolute Gasteiger partial charge is 0.385 e. The number of carbonyl (C=O) groups is 1. The summed E-state index contributed by atoms with van der Waals surface area (Å²) in [6.07, 6.45) is 2.73. The number of thiophene rings is 1. The van der Waals surface area contributed by atoms with Crippen molar-refractivity contribution < 1.29 is 9.53 Å². The minimum absolute atomic E-state index is 0.247. The Morgan fingerprint density at radius 3 is 3.00 bits per heavy atom. The highest BCUT2D eigenvalue weighted by atomic mass is 32.1. The Morgan fingerprint density at radius 1 is 1.43 bits per heavy atom. The summed E-state index contributed by atoms with van der Waals surface area (Å²) >= 11 is 1.68. The number of carbonyl (C=O) groups excluding carboxylic acids is 1. The molecular weight excluding hydrogens is 288 g/mol. The number of nitrogens with zero attached hydrogens (tertiary/aromatic N) is 2. The maximum Gasteiger partial charge on any atom is 0.320 e. The minimum atomic E-state index is -0.247. The van der Waals surface area contributed by atoms with Crippen molar-refractivity contribution >= 4 is 23.2 Å². The van der Waals surface area contributed by atoms with Crippen LogP contribution in [0.25, 0.3) is 0 Å². The van der Waals surface area contributed by atoms with Crippen molar-refractivity contribution in [1.29, 1.82) is 0 Å². The first-order valence-electron chi connectivity index (χ1n) is 6.80. The van der Waals surface area contributed by atoms with Gasteiger partial charge in [0.1, 0.15) is 0 Å². The van der Waals surface area contributed by atoms with E-state index in [2.05, 4.69) is 15.7 Å². The van der Waals surface area contributed by atoms with Crippen LogP contribution in [0.1, 0.15) is 16.2 Å². The first-order chi connectivity index (χ1) is 10.2. The molecule has 2 aromatic heterocycles. The molecule has 2 rings (SSSR count). The van der Waals surface area contributed by atoms with E-state index in [0.717, 1.165) is 17.8 Å². The standard InChI is InChI=1S/C14H20N4O2S/c1-11-4-5-12(21-11)10-15-14(19)16-13-6-8-18(17-13)7-3-9-20-2/h4-6,8H,3,7,9-10H2,1-2H3,(H2,15,16,17,19). The highest BCUT2D eigenvalue weighted by Crippen LogP contribution is 2.14. The summed E-state index contributed by atoms with van der Waals surface area (Å²) in [6, 6.07) is 5.59. The van der Waals surface area contributed by atoms with Gasteiger partial charge in [-0.2, -0.15) is 5.10 Å². The van der Waals surface area contributed by atoms with Gasteiger partial charge in [0.25, 0.3) is 0 Å². The van der Waals surface area contributed by atoms with Crippen molar-refractivity contribution in [1.82, 2.24) is 15.1 Å². The molecule has 0 aromatic carbocycles. The van der Waals surface area contributed by atoms with E-state index in [1.807, 2.05) is 25.3 Å². The van der Waals surface area contributed by atoms with Crippen molar-refractivity contribution in [3.05, 3.63) is 34.2 Å². The Kier molecular flexibility index (Phi) is 5.77. The summed E-state index contributed by atoms with van der Waals surface area (Å²) < 4.78 is 6.78. The van der Waals surface area contributed by atoms with Crippen LogP contribution in [0.15, 0.2) is 24.4 Å². The van der Waals surface area contributed by atoms with Gasteiger partial charge in [-0.25, -0.2) is 4.79 Å². The van der Waals surface area contributed by atoms with Crippen LogP contribution in [-0.4, -0.2) is 29.5 Å². The van der Waals surface area contributed by atoms with Crippen LogP contribution in [0.3, 0.4) is 0 Å². The molecule has 0 aliphatic rings. The van der Waals surface area contributed by atoms with E-state index in [1.165, 1.54) is 4.88 Å². The molecule has 0 atom stereocenters. The SMILES string of the molecule is COCCCn1ccc(NC(=O)NCc2ccc(C)s2)n1. The molecule has 2 amide bonds. The smallest absolute Gasteiger partial charge is 0.320 e. The molecular formula is C14H20N4O2S. The normalized spacial score (nSPS) is 10.6. The lowest BCUT2D eigenvalue weighted by Crippen LogP contribution is -2.28. The number of hydrogen-bond acceptors (Lipinski definition) is 4. The van der Waals surface area contributed by atoms with E-state index in [-0.39, 0.29) is 6.03 Å². The molecule has 7 heteroatoms. The third-order valence-electron chi connectivity index (χ3n) is 2.84. The highest BCUT2D eigenvalue weighted by Gasteiger charge is 2.05. The van der Waals surface area contributed by atoms with Crippen LogP contribution in [0, 0.1) is 6.92 Å². The summed E-state index contributed by atoms with van der Waals surface area (Å²) in [6.45, 7) is 4.04. The van der Waals surface area contributed by atoms with Crippen molar-refractivity contribution in [3.63, 3.8) is 0 Å². The molecule has 0 aliphatic heterocycles. The van der Waals surface area contributed by atoms with Gasteiger partial charge in [-0.05, 0) is 25.5 Å². The molecule has 0 aliphatic carbocycles. The fraction of sp³-hybridized carbons (Fsp3) is 0.429. The van der Waals surface area contributed by atoms with E-state index >= 15 is 0 Å². The highest BCUT2D eigenvalue weighted by molar-refractivity contribution is 7.11. The molecule has 2 aromatic rings. The average molecular weight is 308 g/mol. The van der Waals surface area contributed by atoms with E-state index in [9.17, 15) is 4.79 Å². The van der Waals surface area contributed by atoms with Crippen molar-refractivity contribution in [2.75, 3.05) is 19.0 Å². The summed E-state index contributed by atoms with van der Waals surface area (Å²) in [5.41, 5.74) is 0. The number of aromatic nitrogens is 2. The van der Waals surface area contributed by atoms with Gasteiger partial charge in [0.05, 0.1) is 6.54 Å². The number of hydrogen-bond donors (Lipinski definition) is 2. The molecule has 0 fully saturated rings. The summed E-state index contributed by atoms with van der Waals surface area (Å²) in [5, 5.41) is 9.81. The number of aryl methyl sites for hydroxylation is 2. The molecule has 6 nitrogen and oxygen atoms in total. The quantitative estimate of drug-likeness (QED) is 0.773. The van der Waals surface area contributed by atoms with Crippen LogP contribution >= 0.6 is 11.3 Å². The maximum atomic E-state index is 11.8. The van der Waals surface area contributed by atoms with Crippen molar-refractivity contribution in [3.8, 4) is 0 Å². The Labute approximate surface area is 128 Å². The molecule has 0 saturated heterocycles. The molecule has 0 saturated carbocycles. The van der Waals surface area contributed by atoms with Gasteiger partial charge >= 0.3 is 6.03 Å². The topological polar surface area (TPSA) is 68.2 Å². The Morgan fingerprint density at radius 2 is 2.29 bits per heavy atom. The summed E-state index contributed by atoms with van der Waals surface area (Å²) in [4.78, 5) is 14.1. The molecule has 2 N–H and O–H groups in total. The van der Waals surface area contributed by atoms with Gasteiger partial charge in [-0.15, -0.1) is 11.3 Å². The Bertz CT molecular complexity index is 579. The lowest BCUT2D eigenvalue weighted by molar-refractivity contribution is 0.189. The first-order valence-corrected chi connectivity index (χ1v) is 7.61. The molecule has 21 heavy (non-hydrogen) atoms. The zero-order valence-electron chi connectivity index (χ0n) is 12.3. The monoisotopic (exact) mass is 308 g/mol. The fourth-order valence-corrected chi connectivity index (χ4v) is 2.66. The predicted octanol–water partition coefficient (Wildman–Crippen LogP) is 2.61. The molecule has 0 unspecified atom stereocenters. The van der Waals surface area contributed by atoms with Crippen LogP contribution in [0.4, 0.5) is 10.6 Å². The van der Waals surface area contributed by atoms with Crippen molar-refractivity contribution in [2.24, 2.45) is 0 Å². The summed E-state index contributed by atoms with van der Waals surface area (Å²) in [7, 11) is 1.68. The molecule has 0 bridgehead atoms. The van der Waals surface area contributed by atoms with Gasteiger partial charge in [0, 0.05) is 42.3 Å². The predicted molar refractivity (Wildman–Crippen MR) is 83.6 cm³/mol. The molecule has 0 spiro atoms. The number of rotatable bonds is 7. The van der Waals surface area contributed by atoms with Crippen LogP contribution < -0.4 is 10.6 Å². The average Bonchev–Trinajstić information content (AvgIpc) is 3.06. The number of ether oxygens (including phenoxy) is 1. The molecule has 0 radical (unpaired) electrons. The van der Waals surface area contributed by atoms with E-state index in [0.29, 0.717) is 19.0 Å². The van der Waals surface area contributed by atoms with Gasteiger partial charge in [0.15, 0.2) is 5.82 Å². The number of anilines is 1. The van der Waals surface area contributed by atoms with Crippen LogP contribution in [-0.2, 0) is 17.8 Å². The van der Waals surface area contributed by atoms with Crippen LogP contribution in [0.5, 0.6) is 0 Å². The number of methoxy groups -OCH3 is 1. The zero-order valence-corrected chi connectivity index (χ0v) is 13.1. The molecule has 2 heterocycles. The molecule has 114 valence electrons. The second-order valence-corrected chi connectivity index (χ2v) is 6.00. The summed E-state index contributed by atoms with van der Waals surface area (Å²) in [5.74, 6) is 0.548. The maximum absolute atomic E-state index is 11.8. The second-order valence-electron chi connectivity index (χ2n) is 4.63. The Balaban J connectivity index is 1.74. The minimum Gasteiger partial charge on any atom is -0.385 e. The van der Waals surface area contributed by atoms with Gasteiger partial charge in [0.2, 0.25) is 0 Å². The number of urea groups is 1. The van der Waals surface area contributed by atoms with Gasteiger partial charge in [-0.3, -0.25) is 10.00 Å². The second kappa shape index (κ2) is 7.80. The van der Waals surface area contributed by atoms with Crippen molar-refractivity contribution in [2.45, 2.75) is 26.4 Å². The number of amides is 2. The van der Waals surface area contributed by atoms with Gasteiger partial charge in [-0.1, -0.05) is 0 Å². The van der Waals surface area contributed by atoms with Crippen LogP contribution in [0.2, 0.25) is 0 Å². The van der Waals surface area contributed by atoms with E-state index in [1.54, 1.807) is 29.2 Å². The van der Waals surface area contributed by atoms with Gasteiger partial charge < -0.3 is 10.1 Å². The fourth-order valence-electron chi connectivity index (χ4n) is 1.83. The lowest BCUT2D eigenvalue weighted by Gasteiger charge is -2.04. The van der Waals surface area contributed by atoms with E-state index in [4.69, 9.17) is 4.74 Å². The lowest BCUT2D eigenvalue weighted by atomic mass is 10.4. The third-order valence-corrected chi connectivity index (χ3v) is 3.84.